The molecular weight excluding hydrogens is 460 g/mol. The molecule has 4 bridgehead atoms. The van der Waals surface area contributed by atoms with E-state index in [2.05, 4.69) is 32.0 Å². The molecule has 1 aromatic carbocycles. The van der Waals surface area contributed by atoms with Crippen molar-refractivity contribution in [2.45, 2.75) is 57.5 Å². The third kappa shape index (κ3) is 5.40. The Hall–Kier alpha value is -2.40. The number of rotatable bonds is 11. The van der Waals surface area contributed by atoms with Gasteiger partial charge in [0.1, 0.15) is 17.5 Å². The van der Waals surface area contributed by atoms with Crippen LogP contribution in [0.25, 0.3) is 0 Å². The second-order valence-corrected chi connectivity index (χ2v) is 11.2. The van der Waals surface area contributed by atoms with Gasteiger partial charge in [-0.15, -0.1) is 0 Å². The second kappa shape index (κ2) is 10.7. The van der Waals surface area contributed by atoms with Crippen LogP contribution in [0.5, 0.6) is 0 Å². The van der Waals surface area contributed by atoms with Crippen molar-refractivity contribution >= 4 is 23.4 Å². The van der Waals surface area contributed by atoms with Crippen molar-refractivity contribution < 1.29 is 5.11 Å². The van der Waals surface area contributed by atoms with E-state index in [4.69, 9.17) is 16.7 Å². The third-order valence-electron chi connectivity index (χ3n) is 8.30. The first-order valence-corrected chi connectivity index (χ1v) is 13.3. The molecular formula is C27H35ClN6O. The lowest BCUT2D eigenvalue weighted by Gasteiger charge is -2.60. The fourth-order valence-corrected chi connectivity index (χ4v) is 7.22. The largest absolute Gasteiger partial charge is 0.396 e. The molecule has 4 aliphatic carbocycles. The van der Waals surface area contributed by atoms with Gasteiger partial charge in [-0.1, -0.05) is 29.8 Å². The summed E-state index contributed by atoms with van der Waals surface area (Å²) in [4.78, 5) is 8.98. The predicted octanol–water partition coefficient (Wildman–Crippen LogP) is 4.58. The maximum Gasteiger partial charge on any atom is 0.224 e. The second-order valence-electron chi connectivity index (χ2n) is 10.7. The average Bonchev–Trinajstić information content (AvgIpc) is 2.86. The summed E-state index contributed by atoms with van der Waals surface area (Å²) in [5, 5.41) is 30.0. The maximum absolute atomic E-state index is 9.64. The lowest BCUT2D eigenvalue weighted by molar-refractivity contribution is -0.0692. The zero-order chi connectivity index (χ0) is 24.3. The number of nitrogens with zero attached hydrogens (tertiary/aromatic N) is 3. The molecule has 4 fully saturated rings. The molecule has 0 amide bonds. The van der Waals surface area contributed by atoms with Gasteiger partial charge in [-0.3, -0.25) is 0 Å². The Morgan fingerprint density at radius 3 is 2.66 bits per heavy atom. The van der Waals surface area contributed by atoms with E-state index in [-0.39, 0.29) is 12.0 Å². The number of aliphatic hydroxyl groups is 1. The molecule has 2 aromatic rings. The van der Waals surface area contributed by atoms with Crippen LogP contribution in [0.3, 0.4) is 0 Å². The minimum absolute atomic E-state index is 0.279. The molecule has 35 heavy (non-hydrogen) atoms. The molecule has 0 aliphatic heterocycles. The molecule has 0 radical (unpaired) electrons. The number of benzene rings is 1. The Morgan fingerprint density at radius 2 is 1.91 bits per heavy atom. The first kappa shape index (κ1) is 24.3. The summed E-state index contributed by atoms with van der Waals surface area (Å²) in [6, 6.07) is 10.6. The van der Waals surface area contributed by atoms with Crippen LogP contribution in [0.1, 0.15) is 56.1 Å². The van der Waals surface area contributed by atoms with E-state index in [1.54, 1.807) is 6.20 Å². The van der Waals surface area contributed by atoms with Crippen LogP contribution in [0.15, 0.2) is 30.5 Å². The van der Waals surface area contributed by atoms with Gasteiger partial charge in [0, 0.05) is 30.8 Å². The Labute approximate surface area is 212 Å². The fourth-order valence-electron chi connectivity index (χ4n) is 7.02. The molecule has 7 nitrogen and oxygen atoms in total. The first-order valence-electron chi connectivity index (χ1n) is 12.9. The molecule has 0 spiro atoms. The Morgan fingerprint density at radius 1 is 1.11 bits per heavy atom. The smallest absolute Gasteiger partial charge is 0.224 e. The minimum atomic E-state index is 0.279. The van der Waals surface area contributed by atoms with Crippen molar-refractivity contribution in [3.63, 3.8) is 0 Å². The Kier molecular flexibility index (Phi) is 7.43. The van der Waals surface area contributed by atoms with Crippen molar-refractivity contribution in [1.82, 2.24) is 15.3 Å². The van der Waals surface area contributed by atoms with E-state index in [0.717, 1.165) is 49.2 Å². The quantitative estimate of drug-likeness (QED) is 0.339. The van der Waals surface area contributed by atoms with Gasteiger partial charge in [0.05, 0.1) is 6.20 Å². The van der Waals surface area contributed by atoms with E-state index in [0.29, 0.717) is 34.9 Å². The van der Waals surface area contributed by atoms with Gasteiger partial charge in [-0.05, 0) is 86.3 Å². The maximum atomic E-state index is 9.64. The van der Waals surface area contributed by atoms with Gasteiger partial charge in [0.15, 0.2) is 0 Å². The standard InChI is InChI=1S/C27H35ClN6O/c28-23-6-2-1-5-19(23)15-31-26-32-16-22(14-29)25(34-26)33-17-27-11-18-9-20(12-27)24(21(10-18)13-27)30-7-3-4-8-35/h1-2,5-6,16,18,20-21,24,30,35H,3-4,7-13,15,17H2,(H2,31,32,33,34)/t18?,20-,21+,24-,27+. The van der Waals surface area contributed by atoms with E-state index in [9.17, 15) is 5.26 Å². The van der Waals surface area contributed by atoms with Gasteiger partial charge in [-0.25, -0.2) is 4.98 Å². The number of hydrogen-bond acceptors (Lipinski definition) is 7. The van der Waals surface area contributed by atoms with E-state index in [1.165, 1.54) is 32.1 Å². The van der Waals surface area contributed by atoms with E-state index >= 15 is 0 Å². The van der Waals surface area contributed by atoms with Crippen molar-refractivity contribution in [3.8, 4) is 6.07 Å². The summed E-state index contributed by atoms with van der Waals surface area (Å²) in [6.45, 7) is 2.65. The van der Waals surface area contributed by atoms with Gasteiger partial charge >= 0.3 is 0 Å². The highest BCUT2D eigenvalue weighted by Gasteiger charge is 2.54. The van der Waals surface area contributed by atoms with Gasteiger partial charge in [0.2, 0.25) is 5.95 Å². The summed E-state index contributed by atoms with van der Waals surface area (Å²) >= 11 is 6.27. The van der Waals surface area contributed by atoms with Crippen LogP contribution < -0.4 is 16.0 Å². The van der Waals surface area contributed by atoms with Crippen LogP contribution in [0.2, 0.25) is 5.02 Å². The monoisotopic (exact) mass is 494 g/mol. The van der Waals surface area contributed by atoms with Crippen LogP contribution in [0.4, 0.5) is 11.8 Å². The van der Waals surface area contributed by atoms with E-state index in [1.807, 2.05) is 24.3 Å². The molecule has 1 heterocycles. The average molecular weight is 495 g/mol. The minimum Gasteiger partial charge on any atom is -0.396 e. The van der Waals surface area contributed by atoms with Gasteiger partial charge < -0.3 is 21.1 Å². The number of anilines is 2. The normalized spacial score (nSPS) is 28.6. The van der Waals surface area contributed by atoms with Crippen molar-refractivity contribution in [3.05, 3.63) is 46.6 Å². The molecule has 6 rings (SSSR count). The number of nitrogens with one attached hydrogen (secondary N) is 3. The number of halogens is 1. The highest BCUT2D eigenvalue weighted by atomic mass is 35.5. The number of unbranched alkanes of at least 4 members (excludes halogenated alkanes) is 1. The topological polar surface area (TPSA) is 106 Å². The van der Waals surface area contributed by atoms with Gasteiger partial charge in [-0.2, -0.15) is 10.2 Å². The number of aliphatic hydroxyl groups excluding tert-OH is 1. The molecule has 1 aromatic heterocycles. The van der Waals surface area contributed by atoms with Crippen molar-refractivity contribution in [2.24, 2.45) is 23.2 Å². The van der Waals surface area contributed by atoms with Crippen molar-refractivity contribution in [1.29, 1.82) is 5.26 Å². The number of aromatic nitrogens is 2. The molecule has 4 aliphatic rings. The Bertz CT molecular complexity index is 1060. The highest BCUT2D eigenvalue weighted by Crippen LogP contribution is 2.60. The number of hydrogen-bond donors (Lipinski definition) is 4. The molecule has 1 unspecified atom stereocenters. The molecule has 4 N–H and O–H groups in total. The zero-order valence-corrected chi connectivity index (χ0v) is 20.9. The lowest BCUT2D eigenvalue weighted by Crippen LogP contribution is -2.59. The number of nitriles is 1. The Balaban J connectivity index is 1.23. The molecule has 5 atom stereocenters. The zero-order valence-electron chi connectivity index (χ0n) is 20.1. The molecule has 0 saturated heterocycles. The highest BCUT2D eigenvalue weighted by molar-refractivity contribution is 6.31. The first-order chi connectivity index (χ1) is 17.1. The summed E-state index contributed by atoms with van der Waals surface area (Å²) in [7, 11) is 0. The van der Waals surface area contributed by atoms with Crippen LogP contribution in [-0.4, -0.2) is 40.8 Å². The van der Waals surface area contributed by atoms with Crippen LogP contribution in [-0.2, 0) is 6.54 Å². The molecule has 8 heteroatoms. The predicted molar refractivity (Wildman–Crippen MR) is 138 cm³/mol. The van der Waals surface area contributed by atoms with Crippen LogP contribution >= 0.6 is 11.6 Å². The molecule has 4 saturated carbocycles. The lowest BCUT2D eigenvalue weighted by atomic mass is 9.48. The SMILES string of the molecule is N#Cc1cnc(NCc2ccccc2Cl)nc1NC[C@@]12CC3C[C@H](C1)[C@@H](NCCCCO)[C@@H](C3)C2. The molecule has 186 valence electrons. The van der Waals surface area contributed by atoms with Gasteiger partial charge in [0.25, 0.3) is 0 Å². The third-order valence-corrected chi connectivity index (χ3v) is 8.67. The van der Waals surface area contributed by atoms with Crippen LogP contribution in [0, 0.1) is 34.5 Å². The summed E-state index contributed by atoms with van der Waals surface area (Å²) in [5.41, 5.74) is 1.73. The van der Waals surface area contributed by atoms with Crippen molar-refractivity contribution in [2.75, 3.05) is 30.3 Å². The summed E-state index contributed by atoms with van der Waals surface area (Å²) in [5.74, 6) is 3.37. The summed E-state index contributed by atoms with van der Waals surface area (Å²) < 4.78 is 0. The summed E-state index contributed by atoms with van der Waals surface area (Å²) in [6.07, 6.45) is 9.92. The van der Waals surface area contributed by atoms with E-state index < -0.39 is 0 Å². The fraction of sp³-hybridized carbons (Fsp3) is 0.593.